The third-order valence-electron chi connectivity index (χ3n) is 5.90. The lowest BCUT2D eigenvalue weighted by Crippen LogP contribution is -2.54. The summed E-state index contributed by atoms with van der Waals surface area (Å²) in [6, 6.07) is -0.329. The predicted octanol–water partition coefficient (Wildman–Crippen LogP) is 2.09. The highest BCUT2D eigenvalue weighted by Gasteiger charge is 2.50. The van der Waals surface area contributed by atoms with E-state index in [0.29, 0.717) is 11.8 Å². The zero-order chi connectivity index (χ0) is 15.0. The second-order valence-corrected chi connectivity index (χ2v) is 7.33. The van der Waals surface area contributed by atoms with Crippen LogP contribution in [-0.4, -0.2) is 23.0 Å². The summed E-state index contributed by atoms with van der Waals surface area (Å²) in [4.78, 5) is 12.7. The van der Waals surface area contributed by atoms with Gasteiger partial charge in [-0.1, -0.05) is 18.5 Å². The molecule has 0 aliphatic heterocycles. The molecule has 4 N–H and O–H groups in total. The van der Waals surface area contributed by atoms with Crippen LogP contribution in [0.25, 0.3) is 0 Å². The van der Waals surface area contributed by atoms with E-state index in [1.54, 1.807) is 0 Å². The lowest BCUT2D eigenvalue weighted by atomic mass is 9.51. The molecule has 0 aromatic rings. The van der Waals surface area contributed by atoms with Gasteiger partial charge in [0, 0.05) is 5.92 Å². The predicted molar refractivity (Wildman–Crippen MR) is 80.8 cm³/mol. The molecule has 0 spiro atoms. The first kappa shape index (κ1) is 14.7. The first-order valence-corrected chi connectivity index (χ1v) is 8.40. The van der Waals surface area contributed by atoms with E-state index in [1.807, 2.05) is 6.92 Å². The number of hydrogen-bond acceptors (Lipinski definition) is 3. The number of oxime groups is 1. The summed E-state index contributed by atoms with van der Waals surface area (Å²) in [5.74, 6) is 3.28. The van der Waals surface area contributed by atoms with Gasteiger partial charge in [0.1, 0.15) is 0 Å². The number of hydrogen-bond donors (Lipinski definition) is 3. The number of nitrogens with zero attached hydrogens (tertiary/aromatic N) is 1. The molecule has 4 bridgehead atoms. The molecule has 5 heteroatoms. The molecule has 4 aliphatic carbocycles. The van der Waals surface area contributed by atoms with Gasteiger partial charge in [0.25, 0.3) is 0 Å². The smallest absolute Gasteiger partial charge is 0.224 e. The highest BCUT2D eigenvalue weighted by Crippen LogP contribution is 2.56. The summed E-state index contributed by atoms with van der Waals surface area (Å²) in [6.45, 7) is 2.03. The summed E-state index contributed by atoms with van der Waals surface area (Å²) in [5, 5.41) is 15.0. The van der Waals surface area contributed by atoms with Crippen molar-refractivity contribution in [2.24, 2.45) is 40.5 Å². The van der Waals surface area contributed by atoms with Crippen molar-refractivity contribution >= 4 is 11.7 Å². The lowest BCUT2D eigenvalue weighted by Gasteiger charge is -2.53. The second-order valence-electron chi connectivity index (χ2n) is 7.33. The molecule has 0 aromatic heterocycles. The van der Waals surface area contributed by atoms with Crippen molar-refractivity contribution in [1.29, 1.82) is 0 Å². The van der Waals surface area contributed by atoms with Crippen LogP contribution in [-0.2, 0) is 4.79 Å². The Bertz CT molecular complexity index is 407. The molecular weight excluding hydrogens is 266 g/mol. The van der Waals surface area contributed by atoms with E-state index in [9.17, 15) is 4.79 Å². The van der Waals surface area contributed by atoms with Crippen molar-refractivity contribution in [2.45, 2.75) is 57.9 Å². The van der Waals surface area contributed by atoms with Crippen molar-refractivity contribution in [3.63, 3.8) is 0 Å². The maximum absolute atomic E-state index is 12.7. The summed E-state index contributed by atoms with van der Waals surface area (Å²) in [7, 11) is 0. The van der Waals surface area contributed by atoms with Crippen LogP contribution >= 0.6 is 0 Å². The Balaban J connectivity index is 1.67. The summed E-state index contributed by atoms with van der Waals surface area (Å²) >= 11 is 0. The molecule has 4 rings (SSSR count). The van der Waals surface area contributed by atoms with Gasteiger partial charge in [-0.05, 0) is 62.2 Å². The molecule has 1 unspecified atom stereocenters. The Labute approximate surface area is 126 Å². The van der Waals surface area contributed by atoms with E-state index < -0.39 is 0 Å². The van der Waals surface area contributed by atoms with E-state index in [4.69, 9.17) is 10.9 Å². The molecule has 4 aliphatic rings. The van der Waals surface area contributed by atoms with E-state index >= 15 is 0 Å². The van der Waals surface area contributed by atoms with Gasteiger partial charge in [0.05, 0.1) is 6.04 Å². The summed E-state index contributed by atoms with van der Waals surface area (Å²) in [6.07, 6.45) is 7.92. The molecular formula is C16H27N3O2. The van der Waals surface area contributed by atoms with E-state index in [1.165, 1.54) is 32.1 Å². The zero-order valence-electron chi connectivity index (χ0n) is 12.8. The Morgan fingerprint density at radius 1 is 1.24 bits per heavy atom. The third kappa shape index (κ3) is 2.74. The van der Waals surface area contributed by atoms with Gasteiger partial charge >= 0.3 is 0 Å². The third-order valence-corrected chi connectivity index (χ3v) is 5.90. The van der Waals surface area contributed by atoms with Crippen LogP contribution in [0.1, 0.15) is 51.9 Å². The minimum Gasteiger partial charge on any atom is -0.409 e. The number of rotatable bonds is 5. The monoisotopic (exact) mass is 293 g/mol. The number of amides is 1. The van der Waals surface area contributed by atoms with Crippen molar-refractivity contribution in [3.8, 4) is 0 Å². The fraction of sp³-hybridized carbons (Fsp3) is 0.875. The molecule has 0 radical (unpaired) electrons. The summed E-state index contributed by atoms with van der Waals surface area (Å²) in [5.41, 5.74) is 5.71. The molecule has 0 aromatic carbocycles. The van der Waals surface area contributed by atoms with Gasteiger partial charge in [-0.2, -0.15) is 0 Å². The van der Waals surface area contributed by atoms with Crippen LogP contribution in [0.4, 0.5) is 0 Å². The van der Waals surface area contributed by atoms with Gasteiger partial charge in [0.15, 0.2) is 5.84 Å². The molecule has 0 heterocycles. The number of carbonyl (C=O) groups excluding carboxylic acids is 1. The normalized spacial score (nSPS) is 39.3. The second kappa shape index (κ2) is 5.85. The molecule has 4 fully saturated rings. The highest BCUT2D eigenvalue weighted by atomic mass is 16.4. The van der Waals surface area contributed by atoms with Crippen LogP contribution in [0.15, 0.2) is 5.16 Å². The number of nitrogens with one attached hydrogen (secondary N) is 1. The molecule has 118 valence electrons. The quantitative estimate of drug-likeness (QED) is 0.314. The van der Waals surface area contributed by atoms with Crippen LogP contribution in [0.3, 0.4) is 0 Å². The molecule has 0 saturated heterocycles. The minimum atomic E-state index is -0.329. The van der Waals surface area contributed by atoms with E-state index in [0.717, 1.165) is 24.7 Å². The Kier molecular flexibility index (Phi) is 4.09. The number of amidine groups is 1. The maximum atomic E-state index is 12.7. The zero-order valence-corrected chi connectivity index (χ0v) is 12.8. The van der Waals surface area contributed by atoms with Gasteiger partial charge in [-0.25, -0.2) is 0 Å². The molecule has 1 amide bonds. The molecule has 21 heavy (non-hydrogen) atoms. The largest absolute Gasteiger partial charge is 0.409 e. The van der Waals surface area contributed by atoms with Crippen molar-refractivity contribution < 1.29 is 10.0 Å². The topological polar surface area (TPSA) is 87.7 Å². The Morgan fingerprint density at radius 3 is 2.29 bits per heavy atom. The van der Waals surface area contributed by atoms with Crippen molar-refractivity contribution in [3.05, 3.63) is 0 Å². The van der Waals surface area contributed by atoms with Gasteiger partial charge < -0.3 is 16.3 Å². The lowest BCUT2D eigenvalue weighted by molar-refractivity contribution is -0.138. The van der Waals surface area contributed by atoms with Crippen LogP contribution in [0.2, 0.25) is 0 Å². The SMILES string of the molecule is CCCC(NC(=O)C1C2CC3CC(C2)CC1C3)C(N)=NO. The minimum absolute atomic E-state index is 0.119. The first-order chi connectivity index (χ1) is 10.1. The van der Waals surface area contributed by atoms with Gasteiger partial charge in [-0.3, -0.25) is 4.79 Å². The standard InChI is InChI=1S/C16H27N3O2/c1-2-3-13(15(17)19-21)18-16(20)14-11-5-9-4-10(7-11)8-12(14)6-9/h9-14,21H,2-8H2,1H3,(H2,17,19)(H,18,20). The van der Waals surface area contributed by atoms with E-state index in [2.05, 4.69) is 10.5 Å². The summed E-state index contributed by atoms with van der Waals surface area (Å²) < 4.78 is 0. The van der Waals surface area contributed by atoms with Crippen LogP contribution < -0.4 is 11.1 Å². The maximum Gasteiger partial charge on any atom is 0.224 e. The molecule has 1 atom stereocenters. The molecule has 4 saturated carbocycles. The average molecular weight is 293 g/mol. The fourth-order valence-corrected chi connectivity index (χ4v) is 5.27. The van der Waals surface area contributed by atoms with Crippen LogP contribution in [0, 0.1) is 29.6 Å². The highest BCUT2D eigenvalue weighted by molar-refractivity contribution is 5.90. The average Bonchev–Trinajstić information content (AvgIpc) is 2.44. The Morgan fingerprint density at radius 2 is 1.81 bits per heavy atom. The molecule has 5 nitrogen and oxygen atoms in total. The Hall–Kier alpha value is -1.26. The number of nitrogens with two attached hydrogens (primary N) is 1. The van der Waals surface area contributed by atoms with Gasteiger partial charge in [-0.15, -0.1) is 0 Å². The van der Waals surface area contributed by atoms with Gasteiger partial charge in [0.2, 0.25) is 5.91 Å². The van der Waals surface area contributed by atoms with Crippen molar-refractivity contribution in [2.75, 3.05) is 0 Å². The number of carbonyl (C=O) groups is 1. The fourth-order valence-electron chi connectivity index (χ4n) is 5.27. The van der Waals surface area contributed by atoms with Crippen molar-refractivity contribution in [1.82, 2.24) is 5.32 Å². The first-order valence-electron chi connectivity index (χ1n) is 8.40. The van der Waals surface area contributed by atoms with E-state index in [-0.39, 0.29) is 23.7 Å². The van der Waals surface area contributed by atoms with Crippen LogP contribution in [0.5, 0.6) is 0 Å².